The van der Waals surface area contributed by atoms with E-state index in [1.165, 1.54) is 12.8 Å². The Balaban J connectivity index is 1.87. The minimum absolute atomic E-state index is 0.329. The Morgan fingerprint density at radius 2 is 1.93 bits per heavy atom. The molecule has 0 saturated carbocycles. The van der Waals surface area contributed by atoms with E-state index in [0.29, 0.717) is 11.7 Å². The van der Waals surface area contributed by atoms with Gasteiger partial charge in [-0.05, 0) is 44.0 Å². The van der Waals surface area contributed by atoms with Crippen molar-refractivity contribution in [3.05, 3.63) is 0 Å². The number of nitrogens with zero attached hydrogens (tertiary/aromatic N) is 1. The number of carbonyl (C=O) groups is 1. The van der Waals surface area contributed by atoms with Gasteiger partial charge in [0.2, 0.25) is 5.91 Å². The lowest BCUT2D eigenvalue weighted by Gasteiger charge is -2.20. The summed E-state index contributed by atoms with van der Waals surface area (Å²) in [5, 5.41) is 3.45. The molecule has 2 atom stereocenters. The van der Waals surface area contributed by atoms with Gasteiger partial charge in [0, 0.05) is 13.1 Å². The quantitative estimate of drug-likeness (QED) is 0.759. The minimum atomic E-state index is 0.329. The van der Waals surface area contributed by atoms with E-state index in [1.54, 1.807) is 11.8 Å². The van der Waals surface area contributed by atoms with Crippen molar-refractivity contribution in [2.75, 3.05) is 38.2 Å². The Morgan fingerprint density at radius 3 is 2.47 bits per heavy atom. The largest absolute Gasteiger partial charge is 0.342 e. The van der Waals surface area contributed by atoms with Gasteiger partial charge < -0.3 is 10.2 Å². The van der Waals surface area contributed by atoms with Crippen LogP contribution in [0.3, 0.4) is 0 Å². The molecule has 2 rings (SSSR count). The number of hydrogen-bond acceptors (Lipinski definition) is 3. The van der Waals surface area contributed by atoms with Crippen LogP contribution in [0.15, 0.2) is 0 Å². The van der Waals surface area contributed by atoms with Crippen molar-refractivity contribution in [3.63, 3.8) is 0 Å². The first kappa shape index (κ1) is 11.3. The molecule has 0 aromatic carbocycles. The summed E-state index contributed by atoms with van der Waals surface area (Å²) in [6, 6.07) is 0. The molecule has 2 fully saturated rings. The first-order chi connectivity index (χ1) is 7.31. The number of nitrogens with one attached hydrogen (secondary N) is 1. The van der Waals surface area contributed by atoms with Gasteiger partial charge >= 0.3 is 0 Å². The summed E-state index contributed by atoms with van der Waals surface area (Å²) in [6.07, 6.45) is 4.38. The van der Waals surface area contributed by atoms with Crippen LogP contribution in [0.4, 0.5) is 0 Å². The fourth-order valence-electron chi connectivity index (χ4n) is 2.68. The van der Waals surface area contributed by atoms with E-state index in [0.717, 1.165) is 38.0 Å². The zero-order valence-electron chi connectivity index (χ0n) is 9.37. The Hall–Kier alpha value is -0.220. The molecule has 0 unspecified atom stereocenters. The SMILES string of the molecule is CSCC(=O)N1CC[C@@H]2CNC[C@@H]2CC1. The number of thioether (sulfide) groups is 1. The van der Waals surface area contributed by atoms with E-state index in [-0.39, 0.29) is 0 Å². The van der Waals surface area contributed by atoms with E-state index in [4.69, 9.17) is 0 Å². The topological polar surface area (TPSA) is 32.3 Å². The predicted molar refractivity (Wildman–Crippen MR) is 64.0 cm³/mol. The Kier molecular flexibility index (Phi) is 3.92. The van der Waals surface area contributed by atoms with E-state index < -0.39 is 0 Å². The van der Waals surface area contributed by atoms with Crippen LogP contribution in [-0.4, -0.2) is 49.0 Å². The maximum Gasteiger partial charge on any atom is 0.232 e. The molecule has 1 N–H and O–H groups in total. The summed E-state index contributed by atoms with van der Waals surface area (Å²) in [5.74, 6) is 2.61. The van der Waals surface area contributed by atoms with Gasteiger partial charge in [0.1, 0.15) is 0 Å². The van der Waals surface area contributed by atoms with Crippen molar-refractivity contribution in [2.24, 2.45) is 11.8 Å². The second-order valence-electron chi connectivity index (χ2n) is 4.57. The molecule has 2 heterocycles. The number of amides is 1. The molecule has 2 aliphatic heterocycles. The normalized spacial score (nSPS) is 31.1. The lowest BCUT2D eigenvalue weighted by molar-refractivity contribution is -0.128. The lowest BCUT2D eigenvalue weighted by Crippen LogP contribution is -2.34. The van der Waals surface area contributed by atoms with E-state index in [1.807, 2.05) is 6.26 Å². The molecule has 1 amide bonds. The summed E-state index contributed by atoms with van der Waals surface area (Å²) in [5.41, 5.74) is 0. The number of carbonyl (C=O) groups excluding carboxylic acids is 1. The minimum Gasteiger partial charge on any atom is -0.342 e. The summed E-state index contributed by atoms with van der Waals surface area (Å²) in [6.45, 7) is 4.27. The van der Waals surface area contributed by atoms with Crippen LogP contribution in [0.2, 0.25) is 0 Å². The Morgan fingerprint density at radius 1 is 1.33 bits per heavy atom. The fourth-order valence-corrected chi connectivity index (χ4v) is 3.11. The average molecular weight is 228 g/mol. The third-order valence-corrected chi connectivity index (χ3v) is 4.18. The van der Waals surface area contributed by atoms with Crippen molar-refractivity contribution in [3.8, 4) is 0 Å². The Bertz CT molecular complexity index is 221. The van der Waals surface area contributed by atoms with Crippen LogP contribution < -0.4 is 5.32 Å². The Labute approximate surface area is 96.0 Å². The molecule has 4 heteroatoms. The number of hydrogen-bond donors (Lipinski definition) is 1. The van der Waals surface area contributed by atoms with Gasteiger partial charge in [-0.3, -0.25) is 4.79 Å². The van der Waals surface area contributed by atoms with Crippen molar-refractivity contribution in [1.29, 1.82) is 0 Å². The van der Waals surface area contributed by atoms with E-state index >= 15 is 0 Å². The molecule has 0 spiro atoms. The first-order valence-electron chi connectivity index (χ1n) is 5.78. The highest BCUT2D eigenvalue weighted by Gasteiger charge is 2.31. The maximum absolute atomic E-state index is 11.8. The number of fused-ring (bicyclic) bond motifs is 1. The molecule has 2 saturated heterocycles. The third-order valence-electron chi connectivity index (χ3n) is 3.64. The highest BCUT2D eigenvalue weighted by molar-refractivity contribution is 7.99. The molecule has 0 radical (unpaired) electrons. The smallest absolute Gasteiger partial charge is 0.232 e. The van der Waals surface area contributed by atoms with Gasteiger partial charge in [0.25, 0.3) is 0 Å². The van der Waals surface area contributed by atoms with Crippen LogP contribution in [0, 0.1) is 11.8 Å². The van der Waals surface area contributed by atoms with Crippen molar-refractivity contribution in [2.45, 2.75) is 12.8 Å². The van der Waals surface area contributed by atoms with Gasteiger partial charge in [-0.2, -0.15) is 11.8 Å². The van der Waals surface area contributed by atoms with Crippen LogP contribution in [-0.2, 0) is 4.79 Å². The van der Waals surface area contributed by atoms with Gasteiger partial charge in [0.05, 0.1) is 5.75 Å². The van der Waals surface area contributed by atoms with Crippen LogP contribution in [0.5, 0.6) is 0 Å². The standard InChI is InChI=1S/C11H20N2OS/c1-15-8-11(14)13-4-2-9-6-12-7-10(9)3-5-13/h9-10,12H,2-8H2,1H3/t9-,10+. The molecule has 3 nitrogen and oxygen atoms in total. The molecule has 0 aliphatic carbocycles. The van der Waals surface area contributed by atoms with Crippen LogP contribution >= 0.6 is 11.8 Å². The van der Waals surface area contributed by atoms with Crippen molar-refractivity contribution >= 4 is 17.7 Å². The van der Waals surface area contributed by atoms with E-state index in [9.17, 15) is 4.79 Å². The zero-order chi connectivity index (χ0) is 10.7. The summed E-state index contributed by atoms with van der Waals surface area (Å²) < 4.78 is 0. The molecule has 0 aromatic rings. The van der Waals surface area contributed by atoms with Crippen LogP contribution in [0.25, 0.3) is 0 Å². The molecule has 15 heavy (non-hydrogen) atoms. The highest BCUT2D eigenvalue weighted by atomic mass is 32.2. The van der Waals surface area contributed by atoms with Crippen LogP contribution in [0.1, 0.15) is 12.8 Å². The molecule has 0 aromatic heterocycles. The maximum atomic E-state index is 11.8. The molecule has 2 aliphatic rings. The molecular formula is C11H20N2OS. The van der Waals surface area contributed by atoms with Gasteiger partial charge in [-0.15, -0.1) is 0 Å². The monoisotopic (exact) mass is 228 g/mol. The number of likely N-dealkylation sites (tertiary alicyclic amines) is 1. The highest BCUT2D eigenvalue weighted by Crippen LogP contribution is 2.27. The third kappa shape index (κ3) is 2.67. The van der Waals surface area contributed by atoms with Gasteiger partial charge in [-0.25, -0.2) is 0 Å². The van der Waals surface area contributed by atoms with Crippen molar-refractivity contribution < 1.29 is 4.79 Å². The fraction of sp³-hybridized carbons (Fsp3) is 0.909. The van der Waals surface area contributed by atoms with Gasteiger partial charge in [0.15, 0.2) is 0 Å². The predicted octanol–water partition coefficient (Wildman–Crippen LogP) is 0.807. The first-order valence-corrected chi connectivity index (χ1v) is 7.18. The van der Waals surface area contributed by atoms with Gasteiger partial charge in [-0.1, -0.05) is 0 Å². The number of rotatable bonds is 2. The molecular weight excluding hydrogens is 208 g/mol. The molecule has 0 bridgehead atoms. The summed E-state index contributed by atoms with van der Waals surface area (Å²) >= 11 is 1.63. The zero-order valence-corrected chi connectivity index (χ0v) is 10.2. The average Bonchev–Trinajstić information content (AvgIpc) is 2.58. The van der Waals surface area contributed by atoms with E-state index in [2.05, 4.69) is 10.2 Å². The summed E-state index contributed by atoms with van der Waals surface area (Å²) in [7, 11) is 0. The second kappa shape index (κ2) is 5.21. The second-order valence-corrected chi connectivity index (χ2v) is 5.44. The molecule has 86 valence electrons. The van der Waals surface area contributed by atoms with Crippen molar-refractivity contribution in [1.82, 2.24) is 10.2 Å². The summed E-state index contributed by atoms with van der Waals surface area (Å²) in [4.78, 5) is 13.8. The lowest BCUT2D eigenvalue weighted by atomic mass is 9.92.